The van der Waals surface area contributed by atoms with E-state index in [4.69, 9.17) is 0 Å². The zero-order valence-corrected chi connectivity index (χ0v) is 8.95. The Labute approximate surface area is 86.9 Å². The van der Waals surface area contributed by atoms with Gasteiger partial charge in [0, 0.05) is 5.56 Å². The lowest BCUT2D eigenvalue weighted by Gasteiger charge is -2.06. The fourth-order valence-corrected chi connectivity index (χ4v) is 1.86. The lowest BCUT2D eigenvalue weighted by Crippen LogP contribution is -2.19. The summed E-state index contributed by atoms with van der Waals surface area (Å²) in [5, 5.41) is 2.76. The largest absolute Gasteiger partial charge is 0.313 e. The molecule has 1 aromatic rings. The van der Waals surface area contributed by atoms with Crippen molar-refractivity contribution in [1.82, 2.24) is 5.32 Å². The van der Waals surface area contributed by atoms with Crippen molar-refractivity contribution in [3.63, 3.8) is 0 Å². The van der Waals surface area contributed by atoms with Gasteiger partial charge in [-0.2, -0.15) is 0 Å². The molecule has 0 spiro atoms. The highest BCUT2D eigenvalue weighted by Crippen LogP contribution is 2.23. The smallest absolute Gasteiger partial charge is 0.177 e. The molecule has 0 heterocycles. The monoisotopic (exact) mass is 213 g/mol. The third-order valence-corrected chi connectivity index (χ3v) is 2.63. The Morgan fingerprint density at radius 1 is 1.57 bits per heavy atom. The highest BCUT2D eigenvalue weighted by atomic mass is 32.2. The second-order valence-electron chi connectivity index (χ2n) is 2.77. The predicted octanol–water partition coefficient (Wildman–Crippen LogP) is 1.95. The molecule has 14 heavy (non-hydrogen) atoms. The molecule has 0 aromatic heterocycles. The molecule has 1 N–H and O–H groups in total. The molecule has 0 saturated heterocycles. The van der Waals surface area contributed by atoms with E-state index in [1.165, 1.54) is 17.8 Å². The van der Waals surface area contributed by atoms with Gasteiger partial charge in [0.15, 0.2) is 5.78 Å². The molecule has 0 atom stereocenters. The maximum absolute atomic E-state index is 13.3. The molecule has 0 fully saturated rings. The van der Waals surface area contributed by atoms with Crippen LogP contribution < -0.4 is 5.32 Å². The minimum absolute atomic E-state index is 0.0867. The number of hydrogen-bond acceptors (Lipinski definition) is 3. The topological polar surface area (TPSA) is 29.1 Å². The van der Waals surface area contributed by atoms with E-state index >= 15 is 0 Å². The third-order valence-electron chi connectivity index (χ3n) is 1.81. The number of ketones is 1. The van der Waals surface area contributed by atoms with Crippen LogP contribution in [0.3, 0.4) is 0 Å². The van der Waals surface area contributed by atoms with Crippen LogP contribution in [0.1, 0.15) is 10.4 Å². The van der Waals surface area contributed by atoms with E-state index in [0.717, 1.165) is 0 Å². The quantitative estimate of drug-likeness (QED) is 0.612. The number of halogens is 1. The molecule has 1 aromatic carbocycles. The summed E-state index contributed by atoms with van der Waals surface area (Å²) >= 11 is 1.25. The number of benzene rings is 1. The summed E-state index contributed by atoms with van der Waals surface area (Å²) in [4.78, 5) is 12.0. The molecule has 4 heteroatoms. The van der Waals surface area contributed by atoms with E-state index in [2.05, 4.69) is 5.32 Å². The Bertz CT molecular complexity index is 341. The van der Waals surface area contributed by atoms with Gasteiger partial charge < -0.3 is 5.32 Å². The van der Waals surface area contributed by atoms with Crippen LogP contribution in [-0.4, -0.2) is 25.6 Å². The summed E-state index contributed by atoms with van der Waals surface area (Å²) in [6.45, 7) is 0.233. The number of carbonyl (C=O) groups is 1. The SMILES string of the molecule is CNCC(=O)c1cccc(F)c1SC. The van der Waals surface area contributed by atoms with Crippen LogP contribution in [0.15, 0.2) is 23.1 Å². The number of Topliss-reactive ketones (excluding diaryl/α,β-unsaturated/α-hetero) is 1. The van der Waals surface area contributed by atoms with Crippen molar-refractivity contribution in [2.75, 3.05) is 19.8 Å². The van der Waals surface area contributed by atoms with Crippen molar-refractivity contribution in [3.05, 3.63) is 29.6 Å². The van der Waals surface area contributed by atoms with Gasteiger partial charge >= 0.3 is 0 Å². The van der Waals surface area contributed by atoms with E-state index in [-0.39, 0.29) is 18.1 Å². The number of carbonyl (C=O) groups excluding carboxylic acids is 1. The first-order valence-corrected chi connectivity index (χ1v) is 5.43. The summed E-state index contributed by atoms with van der Waals surface area (Å²) in [6, 6.07) is 4.56. The average molecular weight is 213 g/mol. The van der Waals surface area contributed by atoms with Crippen molar-refractivity contribution in [2.24, 2.45) is 0 Å². The molecular weight excluding hydrogens is 201 g/mol. The molecule has 0 aliphatic carbocycles. The zero-order valence-electron chi connectivity index (χ0n) is 8.13. The molecule has 0 saturated carbocycles. The van der Waals surface area contributed by atoms with Crippen LogP contribution in [0.4, 0.5) is 4.39 Å². The summed E-state index contributed by atoms with van der Waals surface area (Å²) in [6.07, 6.45) is 1.76. The minimum Gasteiger partial charge on any atom is -0.313 e. The Morgan fingerprint density at radius 3 is 2.86 bits per heavy atom. The van der Waals surface area contributed by atoms with Crippen LogP contribution in [-0.2, 0) is 0 Å². The van der Waals surface area contributed by atoms with Gasteiger partial charge in [0.1, 0.15) is 5.82 Å². The minimum atomic E-state index is -0.334. The first-order valence-electron chi connectivity index (χ1n) is 4.21. The van der Waals surface area contributed by atoms with E-state index in [9.17, 15) is 9.18 Å². The summed E-state index contributed by atoms with van der Waals surface area (Å²) in [5.74, 6) is -0.421. The van der Waals surface area contributed by atoms with Gasteiger partial charge in [-0.25, -0.2) is 4.39 Å². The second kappa shape index (κ2) is 5.12. The first kappa shape index (κ1) is 11.2. The molecule has 0 unspecified atom stereocenters. The van der Waals surface area contributed by atoms with Crippen LogP contribution in [0.2, 0.25) is 0 Å². The number of rotatable bonds is 4. The van der Waals surface area contributed by atoms with Crippen LogP contribution in [0, 0.1) is 5.82 Å². The third kappa shape index (κ3) is 2.33. The molecule has 0 radical (unpaired) electrons. The van der Waals surface area contributed by atoms with E-state index in [0.29, 0.717) is 10.5 Å². The van der Waals surface area contributed by atoms with Crippen molar-refractivity contribution in [3.8, 4) is 0 Å². The van der Waals surface area contributed by atoms with Gasteiger partial charge in [0.05, 0.1) is 11.4 Å². The van der Waals surface area contributed by atoms with E-state index in [1.807, 2.05) is 0 Å². The van der Waals surface area contributed by atoms with Crippen LogP contribution in [0.25, 0.3) is 0 Å². The molecule has 0 aliphatic heterocycles. The fourth-order valence-electron chi connectivity index (χ4n) is 1.19. The van der Waals surface area contributed by atoms with E-state index in [1.54, 1.807) is 25.4 Å². The zero-order chi connectivity index (χ0) is 10.6. The molecule has 0 aliphatic rings. The van der Waals surface area contributed by atoms with Gasteiger partial charge in [-0.1, -0.05) is 12.1 Å². The molecule has 76 valence electrons. The average Bonchev–Trinajstić information content (AvgIpc) is 2.17. The number of hydrogen-bond donors (Lipinski definition) is 1. The maximum Gasteiger partial charge on any atom is 0.177 e. The maximum atomic E-state index is 13.3. The van der Waals surface area contributed by atoms with Crippen molar-refractivity contribution in [1.29, 1.82) is 0 Å². The molecule has 0 bridgehead atoms. The lowest BCUT2D eigenvalue weighted by molar-refractivity contribution is 0.0990. The van der Waals surface area contributed by atoms with Crippen molar-refractivity contribution >= 4 is 17.5 Å². The summed E-state index contributed by atoms with van der Waals surface area (Å²) in [5.41, 5.74) is 0.451. The Hall–Kier alpha value is -0.870. The molecule has 1 rings (SSSR count). The van der Waals surface area contributed by atoms with Crippen LogP contribution in [0.5, 0.6) is 0 Å². The summed E-state index contributed by atoms with van der Waals surface area (Å²) in [7, 11) is 1.69. The Kier molecular flexibility index (Phi) is 4.10. The first-order chi connectivity index (χ1) is 6.70. The van der Waals surface area contributed by atoms with Gasteiger partial charge in [-0.3, -0.25) is 4.79 Å². The standard InChI is InChI=1S/C10H12FNOS/c1-12-6-9(13)7-4-3-5-8(11)10(7)14-2/h3-5,12H,6H2,1-2H3. The Balaban J connectivity index is 3.07. The molecule has 0 amide bonds. The molecule has 2 nitrogen and oxygen atoms in total. The number of likely N-dealkylation sites (N-methyl/N-ethyl adjacent to an activating group) is 1. The van der Waals surface area contributed by atoms with Gasteiger partial charge in [0.25, 0.3) is 0 Å². The van der Waals surface area contributed by atoms with Gasteiger partial charge in [-0.05, 0) is 19.4 Å². The second-order valence-corrected chi connectivity index (χ2v) is 3.59. The van der Waals surface area contributed by atoms with Crippen LogP contribution >= 0.6 is 11.8 Å². The highest BCUT2D eigenvalue weighted by molar-refractivity contribution is 7.98. The fraction of sp³-hybridized carbons (Fsp3) is 0.300. The van der Waals surface area contributed by atoms with Gasteiger partial charge in [0.2, 0.25) is 0 Å². The normalized spacial score (nSPS) is 10.2. The summed E-state index contributed by atoms with van der Waals surface area (Å²) < 4.78 is 13.3. The predicted molar refractivity (Wildman–Crippen MR) is 56.4 cm³/mol. The van der Waals surface area contributed by atoms with E-state index < -0.39 is 0 Å². The van der Waals surface area contributed by atoms with Crippen molar-refractivity contribution < 1.29 is 9.18 Å². The lowest BCUT2D eigenvalue weighted by atomic mass is 10.1. The van der Waals surface area contributed by atoms with Crippen molar-refractivity contribution in [2.45, 2.75) is 4.90 Å². The highest BCUT2D eigenvalue weighted by Gasteiger charge is 2.13. The number of thioether (sulfide) groups is 1. The Morgan fingerprint density at radius 2 is 2.29 bits per heavy atom. The number of nitrogens with one attached hydrogen (secondary N) is 1. The molecular formula is C10H12FNOS. The van der Waals surface area contributed by atoms with Gasteiger partial charge in [-0.15, -0.1) is 11.8 Å².